The second-order valence-corrected chi connectivity index (χ2v) is 11.1. The minimum Gasteiger partial charge on any atom is -0.466 e. The standard InChI is InChI=1S/C31H26ClN5O2S/c1-5-39-28(38)15-22-17(2)12-26-30(29(22)19-6-8-21(32)9-7-19)40-31(35-26)20-10-11-33-24(13-20)25-14-23-18(3)36-37(4)27(23)16-34-25/h6-14,16H,5,15H2,1-4H3. The van der Waals surface area contributed by atoms with Gasteiger partial charge in [0, 0.05) is 34.8 Å². The monoisotopic (exact) mass is 567 g/mol. The molecular formula is C31H26ClN5O2S. The molecule has 0 radical (unpaired) electrons. The summed E-state index contributed by atoms with van der Waals surface area (Å²) < 4.78 is 8.14. The Morgan fingerprint density at radius 2 is 1.80 bits per heavy atom. The molecule has 2 aromatic carbocycles. The maximum Gasteiger partial charge on any atom is 0.310 e. The molecule has 40 heavy (non-hydrogen) atoms. The van der Waals surface area contributed by atoms with Gasteiger partial charge in [0.2, 0.25) is 0 Å². The number of nitrogens with zero attached hydrogens (tertiary/aromatic N) is 5. The number of esters is 1. The van der Waals surface area contributed by atoms with Gasteiger partial charge in [0.15, 0.2) is 0 Å². The first kappa shape index (κ1) is 26.1. The van der Waals surface area contributed by atoms with E-state index in [1.54, 1.807) is 17.5 Å². The highest BCUT2D eigenvalue weighted by Crippen LogP contribution is 2.41. The van der Waals surface area contributed by atoms with Gasteiger partial charge >= 0.3 is 5.97 Å². The molecule has 7 nitrogen and oxygen atoms in total. The summed E-state index contributed by atoms with van der Waals surface area (Å²) in [6.45, 7) is 6.17. The van der Waals surface area contributed by atoms with E-state index in [0.29, 0.717) is 11.6 Å². The zero-order valence-electron chi connectivity index (χ0n) is 22.5. The Balaban J connectivity index is 1.48. The zero-order chi connectivity index (χ0) is 28.0. The molecule has 200 valence electrons. The Morgan fingerprint density at radius 3 is 2.58 bits per heavy atom. The summed E-state index contributed by atoms with van der Waals surface area (Å²) in [7, 11) is 1.92. The van der Waals surface area contributed by atoms with Gasteiger partial charge < -0.3 is 4.74 Å². The number of halogens is 1. The van der Waals surface area contributed by atoms with Gasteiger partial charge in [-0.3, -0.25) is 19.4 Å². The quantitative estimate of drug-likeness (QED) is 0.196. The Kier molecular flexibility index (Phi) is 6.82. The average Bonchev–Trinajstić information content (AvgIpc) is 3.49. The van der Waals surface area contributed by atoms with Gasteiger partial charge in [-0.05, 0) is 73.9 Å². The predicted octanol–water partition coefficient (Wildman–Crippen LogP) is 7.35. The van der Waals surface area contributed by atoms with Crippen molar-refractivity contribution in [2.45, 2.75) is 27.2 Å². The van der Waals surface area contributed by atoms with Crippen LogP contribution in [0.5, 0.6) is 0 Å². The van der Waals surface area contributed by atoms with Crippen molar-refractivity contribution in [3.8, 4) is 33.1 Å². The second kappa shape index (κ2) is 10.4. The zero-order valence-corrected chi connectivity index (χ0v) is 24.1. The summed E-state index contributed by atoms with van der Waals surface area (Å²) in [6, 6.07) is 15.8. The minimum absolute atomic E-state index is 0.183. The highest BCUT2D eigenvalue weighted by atomic mass is 35.5. The number of hydrogen-bond acceptors (Lipinski definition) is 7. The number of carbonyl (C=O) groups is 1. The fourth-order valence-electron chi connectivity index (χ4n) is 5.04. The van der Waals surface area contributed by atoms with E-state index in [2.05, 4.69) is 15.1 Å². The van der Waals surface area contributed by atoms with E-state index in [1.807, 2.05) is 87.2 Å². The van der Waals surface area contributed by atoms with Gasteiger partial charge in [-0.2, -0.15) is 5.10 Å². The number of ether oxygens (including phenoxy) is 1. The van der Waals surface area contributed by atoms with Crippen LogP contribution in [0.3, 0.4) is 0 Å². The van der Waals surface area contributed by atoms with E-state index in [-0.39, 0.29) is 12.4 Å². The van der Waals surface area contributed by atoms with E-state index in [1.165, 1.54) is 0 Å². The number of carbonyl (C=O) groups excluding carboxylic acids is 1. The average molecular weight is 568 g/mol. The van der Waals surface area contributed by atoms with Crippen molar-refractivity contribution in [3.63, 3.8) is 0 Å². The molecule has 0 fully saturated rings. The lowest BCUT2D eigenvalue weighted by molar-refractivity contribution is -0.142. The first-order chi connectivity index (χ1) is 19.3. The van der Waals surface area contributed by atoms with Crippen LogP contribution in [0.1, 0.15) is 23.7 Å². The number of hydrogen-bond donors (Lipinski definition) is 0. The summed E-state index contributed by atoms with van der Waals surface area (Å²) in [5, 5.41) is 7.08. The molecule has 6 rings (SSSR count). The van der Waals surface area contributed by atoms with E-state index in [0.717, 1.165) is 71.0 Å². The maximum atomic E-state index is 12.6. The molecule has 0 aliphatic carbocycles. The number of aryl methyl sites for hydroxylation is 3. The summed E-state index contributed by atoms with van der Waals surface area (Å²) in [5.41, 5.74) is 9.18. The molecule has 0 spiro atoms. The van der Waals surface area contributed by atoms with Crippen molar-refractivity contribution in [1.29, 1.82) is 0 Å². The smallest absolute Gasteiger partial charge is 0.310 e. The van der Waals surface area contributed by atoms with Crippen molar-refractivity contribution >= 4 is 50.0 Å². The number of aromatic nitrogens is 5. The molecule has 0 aliphatic rings. The first-order valence-corrected chi connectivity index (χ1v) is 14.1. The Labute approximate surface area is 240 Å². The molecule has 0 bridgehead atoms. The lowest BCUT2D eigenvalue weighted by atomic mass is 9.93. The van der Waals surface area contributed by atoms with Gasteiger partial charge in [0.25, 0.3) is 0 Å². The first-order valence-electron chi connectivity index (χ1n) is 12.9. The van der Waals surface area contributed by atoms with Crippen LogP contribution in [-0.2, 0) is 23.0 Å². The third kappa shape index (κ3) is 4.74. The number of thiazole rings is 1. The lowest BCUT2D eigenvalue weighted by Crippen LogP contribution is -2.09. The topological polar surface area (TPSA) is 82.8 Å². The van der Waals surface area contributed by atoms with Crippen molar-refractivity contribution in [3.05, 3.63) is 82.8 Å². The molecular weight excluding hydrogens is 542 g/mol. The van der Waals surface area contributed by atoms with Crippen LogP contribution in [0.25, 0.3) is 54.2 Å². The number of pyridine rings is 2. The molecule has 0 amide bonds. The SMILES string of the molecule is CCOC(=O)Cc1c(C)cc2nc(-c3ccnc(-c4cc5c(C)nn(C)c5cn4)c3)sc2c1-c1ccc(Cl)cc1. The molecule has 6 aromatic rings. The molecule has 9 heteroatoms. The largest absolute Gasteiger partial charge is 0.466 e. The molecule has 4 aromatic heterocycles. The fourth-order valence-corrected chi connectivity index (χ4v) is 6.30. The number of benzene rings is 2. The van der Waals surface area contributed by atoms with E-state index in [4.69, 9.17) is 21.3 Å². The number of rotatable bonds is 6. The molecule has 0 aliphatic heterocycles. The Morgan fingerprint density at radius 1 is 1.02 bits per heavy atom. The molecule has 0 saturated carbocycles. The Hall–Kier alpha value is -4.14. The van der Waals surface area contributed by atoms with Crippen LogP contribution in [0.15, 0.2) is 60.9 Å². The summed E-state index contributed by atoms with van der Waals surface area (Å²) in [4.78, 5) is 26.9. The molecule has 0 unspecified atom stereocenters. The van der Waals surface area contributed by atoms with Gasteiger partial charge in [-0.25, -0.2) is 4.98 Å². The minimum atomic E-state index is -0.253. The van der Waals surface area contributed by atoms with Crippen LogP contribution in [0.4, 0.5) is 0 Å². The summed E-state index contributed by atoms with van der Waals surface area (Å²) >= 11 is 7.80. The second-order valence-electron chi connectivity index (χ2n) is 9.63. The predicted molar refractivity (Wildman–Crippen MR) is 161 cm³/mol. The van der Waals surface area contributed by atoms with E-state index in [9.17, 15) is 4.79 Å². The van der Waals surface area contributed by atoms with Crippen LogP contribution in [-0.4, -0.2) is 37.3 Å². The highest BCUT2D eigenvalue weighted by Gasteiger charge is 2.20. The van der Waals surface area contributed by atoms with Crippen LogP contribution < -0.4 is 0 Å². The third-order valence-electron chi connectivity index (χ3n) is 6.96. The lowest BCUT2D eigenvalue weighted by Gasteiger charge is -2.14. The maximum absolute atomic E-state index is 12.6. The molecule has 0 N–H and O–H groups in total. The van der Waals surface area contributed by atoms with Gasteiger partial charge in [-0.1, -0.05) is 23.7 Å². The van der Waals surface area contributed by atoms with E-state index < -0.39 is 0 Å². The summed E-state index contributed by atoms with van der Waals surface area (Å²) in [5.74, 6) is -0.253. The summed E-state index contributed by atoms with van der Waals surface area (Å²) in [6.07, 6.45) is 3.81. The Bertz CT molecular complexity index is 1910. The fraction of sp³-hybridized carbons (Fsp3) is 0.194. The van der Waals surface area contributed by atoms with Gasteiger partial charge in [0.05, 0.1) is 52.0 Å². The number of fused-ring (bicyclic) bond motifs is 2. The highest BCUT2D eigenvalue weighted by molar-refractivity contribution is 7.22. The van der Waals surface area contributed by atoms with Gasteiger partial charge in [-0.15, -0.1) is 11.3 Å². The van der Waals surface area contributed by atoms with Crippen LogP contribution in [0, 0.1) is 13.8 Å². The third-order valence-corrected chi connectivity index (χ3v) is 8.35. The van der Waals surface area contributed by atoms with Crippen molar-refractivity contribution in [2.24, 2.45) is 7.05 Å². The van der Waals surface area contributed by atoms with Crippen LogP contribution >= 0.6 is 22.9 Å². The molecule has 0 saturated heterocycles. The van der Waals surface area contributed by atoms with E-state index >= 15 is 0 Å². The molecule has 0 atom stereocenters. The van der Waals surface area contributed by atoms with Crippen molar-refractivity contribution in [2.75, 3.05) is 6.61 Å². The van der Waals surface area contributed by atoms with Crippen molar-refractivity contribution < 1.29 is 9.53 Å². The van der Waals surface area contributed by atoms with Crippen LogP contribution in [0.2, 0.25) is 5.02 Å². The normalized spacial score (nSPS) is 11.4. The van der Waals surface area contributed by atoms with Crippen molar-refractivity contribution in [1.82, 2.24) is 24.7 Å². The van der Waals surface area contributed by atoms with Gasteiger partial charge in [0.1, 0.15) is 5.01 Å². The molecule has 4 heterocycles.